The van der Waals surface area contributed by atoms with Gasteiger partial charge in [0, 0.05) is 17.5 Å². The molecule has 1 saturated carbocycles. The molecule has 0 spiro atoms. The third-order valence-electron chi connectivity index (χ3n) is 5.45. The van der Waals surface area contributed by atoms with Crippen molar-refractivity contribution in [3.8, 4) is 5.75 Å². The molecule has 9 heteroatoms. The minimum atomic E-state index is -1.17. The summed E-state index contributed by atoms with van der Waals surface area (Å²) in [6, 6.07) is 9.86. The minimum absolute atomic E-state index is 0.210. The highest BCUT2D eigenvalue weighted by molar-refractivity contribution is 7.18. The number of hydrogen-bond acceptors (Lipinski definition) is 6. The van der Waals surface area contributed by atoms with E-state index in [4.69, 9.17) is 26.3 Å². The summed E-state index contributed by atoms with van der Waals surface area (Å²) in [6.07, 6.45) is 5.63. The maximum absolute atomic E-state index is 13.4. The first-order valence-electron chi connectivity index (χ1n) is 10.4. The van der Waals surface area contributed by atoms with E-state index in [1.54, 1.807) is 18.2 Å². The number of carboxylic acid groups (broad SMARTS) is 1. The highest BCUT2D eigenvalue weighted by atomic mass is 35.5. The molecule has 0 bridgehead atoms. The van der Waals surface area contributed by atoms with Crippen molar-refractivity contribution < 1.29 is 23.9 Å². The molecule has 168 valence electrons. The molecule has 0 unspecified atom stereocenters. The van der Waals surface area contributed by atoms with Crippen LogP contribution in [-0.2, 0) is 16.2 Å². The number of ether oxygens (including phenoxy) is 1. The number of rotatable bonds is 8. The number of benzene rings is 2. The summed E-state index contributed by atoms with van der Waals surface area (Å²) in [5.74, 6) is -0.706. The molecule has 0 amide bonds. The lowest BCUT2D eigenvalue weighted by Crippen LogP contribution is -2.18. The molecule has 32 heavy (non-hydrogen) atoms. The van der Waals surface area contributed by atoms with E-state index in [0.717, 1.165) is 47.2 Å². The number of carbonyl (C=O) groups is 1. The van der Waals surface area contributed by atoms with Gasteiger partial charge in [0.15, 0.2) is 12.3 Å². The predicted molar refractivity (Wildman–Crippen MR) is 122 cm³/mol. The van der Waals surface area contributed by atoms with Gasteiger partial charge in [0.25, 0.3) is 0 Å². The van der Waals surface area contributed by atoms with Crippen molar-refractivity contribution in [2.24, 2.45) is 11.1 Å². The third kappa shape index (κ3) is 5.55. The highest BCUT2D eigenvalue weighted by Crippen LogP contribution is 2.40. The summed E-state index contributed by atoms with van der Waals surface area (Å²) in [5.41, 5.74) is 1.36. The Morgan fingerprint density at radius 2 is 2.09 bits per heavy atom. The first kappa shape index (κ1) is 22.5. The number of carboxylic acids is 1. The van der Waals surface area contributed by atoms with Crippen molar-refractivity contribution in [3.05, 3.63) is 57.8 Å². The van der Waals surface area contributed by atoms with E-state index in [9.17, 15) is 9.18 Å². The molecule has 4 rings (SSSR count). The summed E-state index contributed by atoms with van der Waals surface area (Å²) in [4.78, 5) is 20.8. The zero-order chi connectivity index (χ0) is 22.5. The van der Waals surface area contributed by atoms with Crippen molar-refractivity contribution in [2.75, 3.05) is 0 Å². The molecule has 1 N–H and O–H groups in total. The number of nitrogens with zero attached hydrogens (tertiary/aromatic N) is 2. The first-order chi connectivity index (χ1) is 15.5. The van der Waals surface area contributed by atoms with Crippen molar-refractivity contribution in [2.45, 2.75) is 44.8 Å². The van der Waals surface area contributed by atoms with Crippen molar-refractivity contribution in [1.29, 1.82) is 0 Å². The van der Waals surface area contributed by atoms with Crippen LogP contribution >= 0.6 is 22.9 Å². The summed E-state index contributed by atoms with van der Waals surface area (Å²) in [5, 5.41) is 13.7. The molecule has 1 heterocycles. The molecular weight excluding hydrogens is 455 g/mol. The van der Waals surface area contributed by atoms with Crippen molar-refractivity contribution in [1.82, 2.24) is 4.98 Å². The van der Waals surface area contributed by atoms with Gasteiger partial charge in [-0.15, -0.1) is 11.3 Å². The van der Waals surface area contributed by atoms with E-state index in [2.05, 4.69) is 10.1 Å². The lowest BCUT2D eigenvalue weighted by atomic mass is 9.82. The number of aromatic nitrogens is 1. The van der Waals surface area contributed by atoms with E-state index in [1.165, 1.54) is 29.9 Å². The number of fused-ring (bicyclic) bond motifs is 1. The van der Waals surface area contributed by atoms with Crippen LogP contribution in [0.3, 0.4) is 0 Å². The molecule has 0 saturated heterocycles. The smallest absolute Gasteiger partial charge is 0.350 e. The second-order valence-corrected chi connectivity index (χ2v) is 9.21. The van der Waals surface area contributed by atoms with E-state index >= 15 is 0 Å². The highest BCUT2D eigenvalue weighted by Gasteiger charge is 2.29. The first-order valence-corrected chi connectivity index (χ1v) is 11.6. The van der Waals surface area contributed by atoms with Gasteiger partial charge in [-0.2, -0.15) is 0 Å². The van der Waals surface area contributed by atoms with Gasteiger partial charge >= 0.3 is 5.97 Å². The van der Waals surface area contributed by atoms with Crippen LogP contribution in [0.4, 0.5) is 4.39 Å². The molecule has 1 fully saturated rings. The number of oxime groups is 1. The fourth-order valence-electron chi connectivity index (χ4n) is 3.96. The Balaban J connectivity index is 1.48. The van der Waals surface area contributed by atoms with E-state index < -0.39 is 12.1 Å². The summed E-state index contributed by atoms with van der Waals surface area (Å²) < 4.78 is 20.1. The van der Waals surface area contributed by atoms with E-state index in [-0.39, 0.29) is 18.3 Å². The van der Waals surface area contributed by atoms with Gasteiger partial charge in [-0.1, -0.05) is 42.1 Å². The average Bonchev–Trinajstić information content (AvgIpc) is 3.18. The average molecular weight is 477 g/mol. The normalized spacial score (nSPS) is 15.8. The molecule has 1 atom stereocenters. The number of aliphatic carboxylic acids is 1. The molecule has 1 aromatic heterocycles. The summed E-state index contributed by atoms with van der Waals surface area (Å²) in [7, 11) is 0. The third-order valence-corrected chi connectivity index (χ3v) is 6.79. The standard InChI is InChI=1S/C23H22ClFN2O4S/c24-18-11-16(30-13-21-27-19-10-15(25)6-9-20(19)32-21)7-8-17(18)23(31-26-12-22(28)29)14-4-2-1-3-5-14/h6-12,14,23H,1-5,13H2,(H,28,29)/b26-12-/t23-/m1/s1. The van der Waals surface area contributed by atoms with Crippen LogP contribution in [0.15, 0.2) is 41.6 Å². The number of hydrogen-bond donors (Lipinski definition) is 1. The second kappa shape index (κ2) is 10.3. The lowest BCUT2D eigenvalue weighted by Gasteiger charge is -2.29. The minimum Gasteiger partial charge on any atom is -0.486 e. The van der Waals surface area contributed by atoms with Gasteiger partial charge in [0.2, 0.25) is 0 Å². The SMILES string of the molecule is O=C(O)/C=N\O[C@@H](c1ccc(OCc2nc3cc(F)ccc3s2)cc1Cl)C1CCCCC1. The molecule has 6 nitrogen and oxygen atoms in total. The Bertz CT molecular complexity index is 1130. The maximum atomic E-state index is 13.4. The maximum Gasteiger partial charge on any atom is 0.350 e. The van der Waals surface area contributed by atoms with E-state index in [1.807, 2.05) is 6.07 Å². The van der Waals surface area contributed by atoms with Gasteiger partial charge in [-0.05, 0) is 37.1 Å². The summed E-state index contributed by atoms with van der Waals surface area (Å²) >= 11 is 8.01. The fraction of sp³-hybridized carbons (Fsp3) is 0.348. The molecular formula is C23H22ClFN2O4S. The predicted octanol–water partition coefficient (Wildman–Crippen LogP) is 6.38. The monoisotopic (exact) mass is 476 g/mol. The summed E-state index contributed by atoms with van der Waals surface area (Å²) in [6.45, 7) is 0.238. The van der Waals surface area contributed by atoms with Crippen LogP contribution in [0.5, 0.6) is 5.75 Å². The Kier molecular flexibility index (Phi) is 7.22. The van der Waals surface area contributed by atoms with Crippen LogP contribution in [0.1, 0.15) is 48.8 Å². The van der Waals surface area contributed by atoms with Crippen molar-refractivity contribution >= 4 is 45.3 Å². The van der Waals surface area contributed by atoms with Crippen LogP contribution in [0.2, 0.25) is 5.02 Å². The topological polar surface area (TPSA) is 81.0 Å². The molecule has 2 aromatic carbocycles. The Labute approximate surface area is 193 Å². The van der Waals surface area contributed by atoms with Crippen LogP contribution < -0.4 is 4.74 Å². The lowest BCUT2D eigenvalue weighted by molar-refractivity contribution is -0.129. The Hall–Kier alpha value is -2.71. The van der Waals surface area contributed by atoms with Gasteiger partial charge < -0.3 is 14.7 Å². The Morgan fingerprint density at radius 1 is 1.28 bits per heavy atom. The Morgan fingerprint density at radius 3 is 2.84 bits per heavy atom. The molecule has 0 radical (unpaired) electrons. The fourth-order valence-corrected chi connectivity index (χ4v) is 5.10. The molecule has 3 aromatic rings. The van der Waals surface area contributed by atoms with Gasteiger partial charge in [0.05, 0.1) is 15.2 Å². The second-order valence-electron chi connectivity index (χ2n) is 7.69. The van der Waals surface area contributed by atoms with Crippen molar-refractivity contribution in [3.63, 3.8) is 0 Å². The van der Waals surface area contributed by atoms with Gasteiger partial charge in [-0.3, -0.25) is 0 Å². The van der Waals surface area contributed by atoms with Crippen LogP contribution in [0.25, 0.3) is 10.2 Å². The number of thiazole rings is 1. The number of halogens is 2. The van der Waals surface area contributed by atoms with Crippen LogP contribution in [-0.4, -0.2) is 22.3 Å². The molecule has 1 aliphatic rings. The zero-order valence-corrected chi connectivity index (χ0v) is 18.7. The van der Waals surface area contributed by atoms with Crippen LogP contribution in [0, 0.1) is 11.7 Å². The quantitative estimate of drug-likeness (QED) is 0.301. The van der Waals surface area contributed by atoms with Gasteiger partial charge in [-0.25, -0.2) is 14.2 Å². The molecule has 1 aliphatic carbocycles. The van der Waals surface area contributed by atoms with E-state index in [0.29, 0.717) is 16.3 Å². The molecule has 0 aliphatic heterocycles. The van der Waals surface area contributed by atoms with Gasteiger partial charge in [0.1, 0.15) is 23.2 Å². The zero-order valence-electron chi connectivity index (χ0n) is 17.2. The largest absolute Gasteiger partial charge is 0.486 e.